The zero-order valence-corrected chi connectivity index (χ0v) is 29.5. The maximum Gasteiger partial charge on any atom is 0.0238 e. The van der Waals surface area contributed by atoms with E-state index in [9.17, 15) is 0 Å². The maximum atomic E-state index is 4.85. The molecule has 1 saturated carbocycles. The van der Waals surface area contributed by atoms with Crippen LogP contribution in [0.3, 0.4) is 0 Å². The fraction of sp³-hybridized carbons (Fsp3) is 0.273. The molecule has 0 unspecified atom stereocenters. The molecule has 238 valence electrons. The Kier molecular flexibility index (Phi) is 12.9. The monoisotopic (exact) mass is 625 g/mol. The van der Waals surface area contributed by atoms with Crippen LogP contribution in [0.4, 0.5) is 0 Å². The van der Waals surface area contributed by atoms with Gasteiger partial charge in [-0.05, 0) is 106 Å². The third-order valence-corrected chi connectivity index (χ3v) is 10.0. The van der Waals surface area contributed by atoms with E-state index >= 15 is 0 Å². The second kappa shape index (κ2) is 17.1. The molecular formula is C44H51NS. The van der Waals surface area contributed by atoms with Crippen LogP contribution in [0.2, 0.25) is 0 Å². The molecule has 1 fully saturated rings. The van der Waals surface area contributed by atoms with Crippen LogP contribution in [-0.4, -0.2) is 5.75 Å². The minimum absolute atomic E-state index is 0.511. The Labute approximate surface area is 283 Å². The fourth-order valence-electron chi connectivity index (χ4n) is 6.04. The van der Waals surface area contributed by atoms with Crippen molar-refractivity contribution in [1.82, 2.24) is 0 Å². The van der Waals surface area contributed by atoms with Crippen molar-refractivity contribution in [3.05, 3.63) is 150 Å². The van der Waals surface area contributed by atoms with E-state index in [4.69, 9.17) is 5.73 Å². The minimum atomic E-state index is 0.511. The highest BCUT2D eigenvalue weighted by molar-refractivity contribution is 8.00. The zero-order chi connectivity index (χ0) is 33.1. The third-order valence-electron chi connectivity index (χ3n) is 8.86. The summed E-state index contributed by atoms with van der Waals surface area (Å²) >= 11 is 1.94. The van der Waals surface area contributed by atoms with Gasteiger partial charge in [-0.1, -0.05) is 150 Å². The first-order valence-electron chi connectivity index (χ1n) is 16.9. The second-order valence-corrected chi connectivity index (χ2v) is 13.0. The Morgan fingerprint density at radius 3 is 2.09 bits per heavy atom. The van der Waals surface area contributed by atoms with Gasteiger partial charge in [0.2, 0.25) is 0 Å². The Morgan fingerprint density at radius 2 is 1.43 bits per heavy atom. The topological polar surface area (TPSA) is 26.0 Å². The lowest BCUT2D eigenvalue weighted by Gasteiger charge is -2.28. The smallest absolute Gasteiger partial charge is 0.0238 e. The lowest BCUT2D eigenvalue weighted by molar-refractivity contribution is 0.420. The third kappa shape index (κ3) is 8.03. The normalized spacial score (nSPS) is 16.3. The highest BCUT2D eigenvalue weighted by Gasteiger charge is 2.24. The van der Waals surface area contributed by atoms with Gasteiger partial charge in [0.15, 0.2) is 0 Å². The number of fused-ring (bicyclic) bond motifs is 1. The van der Waals surface area contributed by atoms with Crippen LogP contribution in [0.5, 0.6) is 0 Å². The summed E-state index contributed by atoms with van der Waals surface area (Å²) in [5.41, 5.74) is 19.4. The number of rotatable bonds is 5. The first-order chi connectivity index (χ1) is 22.4. The van der Waals surface area contributed by atoms with Crippen LogP contribution in [0.25, 0.3) is 33.4 Å². The molecule has 0 radical (unpaired) electrons. The van der Waals surface area contributed by atoms with Crippen molar-refractivity contribution in [3.63, 3.8) is 0 Å². The SMILES string of the molecule is C/C=C\N.C=C1/C=C\C=C(\c2cccc(C(C)C)c2)CSc2c1cccc2-c1cccc(-c2ccccc2C2CCC2)c1C.CC. The van der Waals surface area contributed by atoms with E-state index in [0.29, 0.717) is 11.8 Å². The summed E-state index contributed by atoms with van der Waals surface area (Å²) in [5.74, 6) is 2.12. The maximum absolute atomic E-state index is 4.85. The highest BCUT2D eigenvalue weighted by atomic mass is 32.2. The minimum Gasteiger partial charge on any atom is -0.405 e. The number of hydrogen-bond donors (Lipinski definition) is 1. The summed E-state index contributed by atoms with van der Waals surface area (Å²) in [5, 5.41) is 0. The van der Waals surface area contributed by atoms with Gasteiger partial charge in [0.25, 0.3) is 0 Å². The summed E-state index contributed by atoms with van der Waals surface area (Å²) < 4.78 is 0. The molecule has 1 aliphatic heterocycles. The number of thioether (sulfide) groups is 1. The first kappa shape index (κ1) is 34.9. The van der Waals surface area contributed by atoms with E-state index in [1.807, 2.05) is 32.5 Å². The van der Waals surface area contributed by atoms with Crippen LogP contribution in [0.15, 0.2) is 127 Å². The van der Waals surface area contributed by atoms with E-state index < -0.39 is 0 Å². The van der Waals surface area contributed by atoms with Gasteiger partial charge in [0.05, 0.1) is 0 Å². The van der Waals surface area contributed by atoms with Crippen LogP contribution in [0, 0.1) is 6.92 Å². The van der Waals surface area contributed by atoms with Gasteiger partial charge in [-0.3, -0.25) is 0 Å². The van der Waals surface area contributed by atoms with E-state index in [-0.39, 0.29) is 0 Å². The molecular weight excluding hydrogens is 575 g/mol. The summed E-state index contributed by atoms with van der Waals surface area (Å²) in [7, 11) is 0. The molecule has 0 aromatic heterocycles. The predicted octanol–water partition coefficient (Wildman–Crippen LogP) is 13.0. The Hall–Kier alpha value is -4.01. The first-order valence-corrected chi connectivity index (χ1v) is 17.9. The Morgan fingerprint density at radius 1 is 0.826 bits per heavy atom. The van der Waals surface area contributed by atoms with Crippen molar-refractivity contribution >= 4 is 22.9 Å². The van der Waals surface area contributed by atoms with Crippen LogP contribution in [0.1, 0.15) is 93.5 Å². The van der Waals surface area contributed by atoms with E-state index in [0.717, 1.165) is 11.3 Å². The van der Waals surface area contributed by atoms with Crippen molar-refractivity contribution in [1.29, 1.82) is 0 Å². The van der Waals surface area contributed by atoms with Gasteiger partial charge >= 0.3 is 0 Å². The number of benzene rings is 4. The summed E-state index contributed by atoms with van der Waals surface area (Å²) in [6.07, 6.45) is 13.9. The standard InChI is InChI=1S/C39H38S.C3H7N.C2H6/c1-26(2)30-15-9-16-31(24-30)32-17-7-12-27(3)33-20-10-23-38(39(33)40-25-32)35-22-11-21-34(28(35)4)37-19-6-5-18-36(37)29-13-8-14-29;1-2-3-4;1-2/h5-7,9-12,15-24,26,29H,3,8,13-14,25H2,1-2,4H3;2-3H,4H2,1H3;1-2H3/b12-7-,32-17+;3-2-;. The molecule has 1 heterocycles. The summed E-state index contributed by atoms with van der Waals surface area (Å²) in [6, 6.07) is 31.7. The summed E-state index contributed by atoms with van der Waals surface area (Å²) in [4.78, 5) is 1.32. The molecule has 2 N–H and O–H groups in total. The zero-order valence-electron chi connectivity index (χ0n) is 28.6. The van der Waals surface area contributed by atoms with E-state index in [1.54, 1.807) is 6.08 Å². The predicted molar refractivity (Wildman–Crippen MR) is 206 cm³/mol. The molecule has 1 nitrogen and oxygen atoms in total. The molecule has 46 heavy (non-hydrogen) atoms. The highest BCUT2D eigenvalue weighted by Crippen LogP contribution is 2.45. The quantitative estimate of drug-likeness (QED) is 0.239. The molecule has 2 aliphatic rings. The molecule has 2 heteroatoms. The van der Waals surface area contributed by atoms with Crippen molar-refractivity contribution in [2.45, 2.75) is 77.5 Å². The van der Waals surface area contributed by atoms with E-state index in [2.05, 4.69) is 131 Å². The lowest BCUT2D eigenvalue weighted by atomic mass is 9.76. The van der Waals surface area contributed by atoms with E-state index in [1.165, 1.54) is 86.0 Å². The summed E-state index contributed by atoms with van der Waals surface area (Å²) in [6.45, 7) is 17.2. The van der Waals surface area contributed by atoms with Gasteiger partial charge in [0.1, 0.15) is 0 Å². The molecule has 0 atom stereocenters. The number of nitrogens with two attached hydrogens (primary N) is 1. The molecule has 1 aliphatic carbocycles. The van der Waals surface area contributed by atoms with Crippen LogP contribution in [-0.2, 0) is 0 Å². The van der Waals surface area contributed by atoms with Gasteiger partial charge in [0, 0.05) is 10.6 Å². The molecule has 0 amide bonds. The number of allylic oxidation sites excluding steroid dienone is 5. The average Bonchev–Trinajstić information content (AvgIpc) is 3.14. The molecule has 4 aromatic carbocycles. The lowest BCUT2D eigenvalue weighted by Crippen LogP contribution is -2.10. The number of hydrogen-bond acceptors (Lipinski definition) is 2. The van der Waals surface area contributed by atoms with Gasteiger partial charge in [-0.15, -0.1) is 11.8 Å². The van der Waals surface area contributed by atoms with Crippen LogP contribution < -0.4 is 5.73 Å². The largest absolute Gasteiger partial charge is 0.405 e. The Bertz CT molecular complexity index is 1710. The second-order valence-electron chi connectivity index (χ2n) is 12.0. The van der Waals surface area contributed by atoms with Crippen molar-refractivity contribution < 1.29 is 0 Å². The van der Waals surface area contributed by atoms with Gasteiger partial charge in [-0.25, -0.2) is 0 Å². The molecule has 0 bridgehead atoms. The Balaban J connectivity index is 0.000000744. The van der Waals surface area contributed by atoms with Crippen molar-refractivity contribution in [2.75, 3.05) is 5.75 Å². The average molecular weight is 626 g/mol. The van der Waals surface area contributed by atoms with Crippen molar-refractivity contribution in [2.24, 2.45) is 5.73 Å². The molecule has 6 rings (SSSR count). The fourth-order valence-corrected chi connectivity index (χ4v) is 7.29. The van der Waals surface area contributed by atoms with Crippen LogP contribution >= 0.6 is 11.8 Å². The van der Waals surface area contributed by atoms with Gasteiger partial charge in [-0.2, -0.15) is 0 Å². The molecule has 0 saturated heterocycles. The molecule has 4 aromatic rings. The van der Waals surface area contributed by atoms with Crippen molar-refractivity contribution in [3.8, 4) is 22.3 Å². The van der Waals surface area contributed by atoms with Gasteiger partial charge < -0.3 is 5.73 Å². The molecule has 0 spiro atoms.